The first-order chi connectivity index (χ1) is 8.52. The summed E-state index contributed by atoms with van der Waals surface area (Å²) in [6.07, 6.45) is 4.88. The van der Waals surface area contributed by atoms with E-state index in [4.69, 9.17) is 5.11 Å². The Bertz CT molecular complexity index is 546. The van der Waals surface area contributed by atoms with Crippen LogP contribution in [0.15, 0.2) is 23.2 Å². The molecule has 98 valence electrons. The second-order valence-electron chi connectivity index (χ2n) is 3.81. The molecule has 0 atom stereocenters. The second-order valence-corrected chi connectivity index (χ2v) is 4.62. The number of alkyl halides is 2. The van der Waals surface area contributed by atoms with Gasteiger partial charge >= 0.3 is 0 Å². The van der Waals surface area contributed by atoms with Gasteiger partial charge in [-0.25, -0.2) is 18.7 Å². The monoisotopic (exact) mass is 320 g/mol. The van der Waals surface area contributed by atoms with Gasteiger partial charge in [-0.2, -0.15) is 0 Å². The molecule has 2 aromatic rings. The Balaban J connectivity index is 2.06. The van der Waals surface area contributed by atoms with Crippen LogP contribution in [0.1, 0.15) is 5.69 Å². The fourth-order valence-corrected chi connectivity index (χ4v) is 1.78. The van der Waals surface area contributed by atoms with E-state index >= 15 is 0 Å². The lowest BCUT2D eigenvalue weighted by molar-refractivity contribution is -0.0478. The fourth-order valence-electron chi connectivity index (χ4n) is 1.48. The number of nitrogens with zero attached hydrogens (tertiary/aromatic N) is 3. The highest BCUT2D eigenvalue weighted by molar-refractivity contribution is 9.10. The molecule has 0 saturated heterocycles. The lowest BCUT2D eigenvalue weighted by Crippen LogP contribution is -2.35. The number of aliphatic hydroxyl groups excluding tert-OH is 1. The SMILES string of the molecule is OCC(F)(F)CNCc1cnc2cnc(Br)cn12. The third-order valence-electron chi connectivity index (χ3n) is 2.36. The predicted octanol–water partition coefficient (Wildman–Crippen LogP) is 1.21. The summed E-state index contributed by atoms with van der Waals surface area (Å²) in [5, 5.41) is 11.0. The molecule has 0 bridgehead atoms. The van der Waals surface area contributed by atoms with E-state index in [2.05, 4.69) is 31.2 Å². The molecule has 0 radical (unpaired) electrons. The molecular weight excluding hydrogens is 310 g/mol. The molecule has 0 aromatic carbocycles. The highest BCUT2D eigenvalue weighted by Gasteiger charge is 2.26. The van der Waals surface area contributed by atoms with Gasteiger partial charge in [0.05, 0.1) is 24.6 Å². The summed E-state index contributed by atoms with van der Waals surface area (Å²) in [4.78, 5) is 8.11. The smallest absolute Gasteiger partial charge is 0.282 e. The van der Waals surface area contributed by atoms with E-state index in [1.807, 2.05) is 0 Å². The molecule has 0 amide bonds. The first-order valence-electron chi connectivity index (χ1n) is 5.19. The lowest BCUT2D eigenvalue weighted by atomic mass is 10.3. The average Bonchev–Trinajstić information content (AvgIpc) is 2.72. The highest BCUT2D eigenvalue weighted by Crippen LogP contribution is 2.12. The van der Waals surface area contributed by atoms with E-state index in [1.54, 1.807) is 23.0 Å². The summed E-state index contributed by atoms with van der Waals surface area (Å²) in [6, 6.07) is 0. The van der Waals surface area contributed by atoms with Crippen molar-refractivity contribution in [1.82, 2.24) is 19.7 Å². The number of aromatic nitrogens is 3. The molecule has 0 aliphatic rings. The molecule has 0 fully saturated rings. The summed E-state index contributed by atoms with van der Waals surface area (Å²) in [6.45, 7) is -1.52. The minimum Gasteiger partial charge on any atom is -0.390 e. The molecule has 2 rings (SSSR count). The van der Waals surface area contributed by atoms with E-state index in [0.717, 1.165) is 5.69 Å². The van der Waals surface area contributed by atoms with Crippen LogP contribution in [0.25, 0.3) is 5.65 Å². The van der Waals surface area contributed by atoms with Crippen molar-refractivity contribution in [3.63, 3.8) is 0 Å². The van der Waals surface area contributed by atoms with Crippen molar-refractivity contribution >= 4 is 21.6 Å². The maximum absolute atomic E-state index is 12.8. The van der Waals surface area contributed by atoms with Crippen molar-refractivity contribution in [2.75, 3.05) is 13.2 Å². The Kier molecular flexibility index (Phi) is 3.88. The van der Waals surface area contributed by atoms with E-state index < -0.39 is 19.1 Å². The van der Waals surface area contributed by atoms with Crippen molar-refractivity contribution in [3.8, 4) is 0 Å². The normalized spacial score (nSPS) is 12.2. The summed E-state index contributed by atoms with van der Waals surface area (Å²) < 4.78 is 28.0. The van der Waals surface area contributed by atoms with Gasteiger partial charge in [0.2, 0.25) is 0 Å². The zero-order valence-corrected chi connectivity index (χ0v) is 10.9. The maximum atomic E-state index is 12.8. The zero-order chi connectivity index (χ0) is 13.2. The summed E-state index contributed by atoms with van der Waals surface area (Å²) in [5.74, 6) is -3.11. The molecule has 0 aliphatic carbocycles. The maximum Gasteiger partial charge on any atom is 0.282 e. The van der Waals surface area contributed by atoms with Gasteiger partial charge in [-0.05, 0) is 15.9 Å². The Labute approximate surface area is 110 Å². The molecule has 0 unspecified atom stereocenters. The third kappa shape index (κ3) is 3.01. The molecule has 18 heavy (non-hydrogen) atoms. The minimum absolute atomic E-state index is 0.229. The number of hydrogen-bond acceptors (Lipinski definition) is 4. The van der Waals surface area contributed by atoms with E-state index in [1.165, 1.54) is 0 Å². The number of nitrogens with one attached hydrogen (secondary N) is 1. The molecule has 5 nitrogen and oxygen atoms in total. The van der Waals surface area contributed by atoms with Crippen LogP contribution in [0.3, 0.4) is 0 Å². The molecule has 2 heterocycles. The van der Waals surface area contributed by atoms with Crippen LogP contribution in [0.4, 0.5) is 8.78 Å². The van der Waals surface area contributed by atoms with Crippen LogP contribution in [-0.4, -0.2) is 38.5 Å². The van der Waals surface area contributed by atoms with Crippen molar-refractivity contribution < 1.29 is 13.9 Å². The number of halogens is 3. The number of fused-ring (bicyclic) bond motifs is 1. The molecule has 0 spiro atoms. The third-order valence-corrected chi connectivity index (χ3v) is 2.77. The summed E-state index contributed by atoms with van der Waals surface area (Å²) >= 11 is 3.23. The van der Waals surface area contributed by atoms with Gasteiger partial charge < -0.3 is 10.4 Å². The van der Waals surface area contributed by atoms with Gasteiger partial charge in [0.1, 0.15) is 11.2 Å². The van der Waals surface area contributed by atoms with Crippen LogP contribution in [0.2, 0.25) is 0 Å². The molecule has 2 aromatic heterocycles. The molecule has 0 saturated carbocycles. The van der Waals surface area contributed by atoms with E-state index in [0.29, 0.717) is 10.3 Å². The largest absolute Gasteiger partial charge is 0.390 e. The Morgan fingerprint density at radius 3 is 2.89 bits per heavy atom. The minimum atomic E-state index is -3.11. The standard InChI is InChI=1S/C10H11BrF2N4O/c11-8-4-17-7(2-16-9(17)3-15-8)1-14-5-10(12,13)6-18/h2-4,14,18H,1,5-6H2. The van der Waals surface area contributed by atoms with Gasteiger partial charge in [-0.3, -0.25) is 4.40 Å². The van der Waals surface area contributed by atoms with Crippen molar-refractivity contribution in [1.29, 1.82) is 0 Å². The van der Waals surface area contributed by atoms with Gasteiger partial charge in [0, 0.05) is 12.7 Å². The van der Waals surface area contributed by atoms with Gasteiger partial charge in [0.15, 0.2) is 5.65 Å². The Morgan fingerprint density at radius 2 is 2.17 bits per heavy atom. The van der Waals surface area contributed by atoms with Crippen LogP contribution in [0.5, 0.6) is 0 Å². The van der Waals surface area contributed by atoms with Gasteiger partial charge in [-0.15, -0.1) is 0 Å². The number of imidazole rings is 1. The molecule has 2 N–H and O–H groups in total. The van der Waals surface area contributed by atoms with E-state index in [9.17, 15) is 8.78 Å². The van der Waals surface area contributed by atoms with Crippen LogP contribution >= 0.6 is 15.9 Å². The first kappa shape index (κ1) is 13.3. The van der Waals surface area contributed by atoms with Crippen LogP contribution in [0, 0.1) is 0 Å². The number of rotatable bonds is 5. The first-order valence-corrected chi connectivity index (χ1v) is 5.98. The summed E-state index contributed by atoms with van der Waals surface area (Å²) in [7, 11) is 0. The molecule has 0 aliphatic heterocycles. The summed E-state index contributed by atoms with van der Waals surface area (Å²) in [5.41, 5.74) is 1.38. The molecular formula is C10H11BrF2N4O. The highest BCUT2D eigenvalue weighted by atomic mass is 79.9. The van der Waals surface area contributed by atoms with Crippen LogP contribution < -0.4 is 5.32 Å². The van der Waals surface area contributed by atoms with Crippen molar-refractivity contribution in [2.45, 2.75) is 12.5 Å². The lowest BCUT2D eigenvalue weighted by Gasteiger charge is -2.13. The fraction of sp³-hybridized carbons (Fsp3) is 0.400. The topological polar surface area (TPSA) is 62.5 Å². The number of aliphatic hydroxyl groups is 1. The quantitative estimate of drug-likeness (QED) is 0.869. The van der Waals surface area contributed by atoms with Crippen molar-refractivity contribution in [2.24, 2.45) is 0 Å². The number of hydrogen-bond donors (Lipinski definition) is 2. The van der Waals surface area contributed by atoms with Crippen molar-refractivity contribution in [3.05, 3.63) is 28.9 Å². The molecule has 8 heteroatoms. The second kappa shape index (κ2) is 5.25. The van der Waals surface area contributed by atoms with E-state index in [-0.39, 0.29) is 6.54 Å². The average molecular weight is 321 g/mol. The van der Waals surface area contributed by atoms with Crippen LogP contribution in [-0.2, 0) is 6.54 Å². The Hall–Kier alpha value is -1.12. The predicted molar refractivity (Wildman–Crippen MR) is 64.4 cm³/mol. The van der Waals surface area contributed by atoms with Gasteiger partial charge in [0.25, 0.3) is 5.92 Å². The Morgan fingerprint density at radius 1 is 1.39 bits per heavy atom. The van der Waals surface area contributed by atoms with Gasteiger partial charge in [-0.1, -0.05) is 0 Å². The zero-order valence-electron chi connectivity index (χ0n) is 9.28.